The minimum atomic E-state index is 0.900. The van der Waals surface area contributed by atoms with E-state index in [2.05, 4.69) is 161 Å². The monoisotopic (exact) mass is 664 g/mol. The van der Waals surface area contributed by atoms with Crippen molar-refractivity contribution < 1.29 is 8.83 Å². The van der Waals surface area contributed by atoms with E-state index >= 15 is 0 Å². The smallest absolute Gasteiger partial charge is 0.145 e. The van der Waals surface area contributed by atoms with E-state index < -0.39 is 0 Å². The van der Waals surface area contributed by atoms with Crippen LogP contribution >= 0.6 is 0 Å². The van der Waals surface area contributed by atoms with Crippen LogP contribution in [0.3, 0.4) is 0 Å². The molecule has 12 rings (SSSR count). The lowest BCUT2D eigenvalue weighted by atomic mass is 10.0. The lowest BCUT2D eigenvalue weighted by Crippen LogP contribution is -1.95. The summed E-state index contributed by atoms with van der Waals surface area (Å²) in [5.74, 6) is 0. The lowest BCUT2D eigenvalue weighted by Gasteiger charge is -2.11. The summed E-state index contributed by atoms with van der Waals surface area (Å²) in [5.41, 5.74) is 12.7. The first-order chi connectivity index (χ1) is 25.8. The highest BCUT2D eigenvalue weighted by molar-refractivity contribution is 6.31. The standard InChI is InChI=1S/C48H28N2O2/c1-2-11-30(12-3-1)49-39-18-7-4-15-37(39)44-40(49)28-26-38-45-41(27-25-36-34-14-6-9-20-43(34)52-48(36)45)50(46(38)44)31-23-21-29(22-24-31)32-16-10-17-35-33-13-5-8-19-42(33)51-47(32)35/h1-28H. The fraction of sp³-hybridized carbons (Fsp3) is 0. The second-order valence-electron chi connectivity index (χ2n) is 13.6. The largest absolute Gasteiger partial charge is 0.455 e. The Labute approximate surface area is 296 Å². The number of fused-ring (bicyclic) bond motifs is 14. The quantitative estimate of drug-likeness (QED) is 0.188. The van der Waals surface area contributed by atoms with Crippen molar-refractivity contribution in [1.82, 2.24) is 9.13 Å². The number of benzene rings is 8. The fourth-order valence-corrected chi connectivity index (χ4v) is 8.71. The molecule has 4 aromatic heterocycles. The van der Waals surface area contributed by atoms with Crippen molar-refractivity contribution in [2.24, 2.45) is 0 Å². The van der Waals surface area contributed by atoms with Crippen LogP contribution in [0.5, 0.6) is 0 Å². The van der Waals surface area contributed by atoms with E-state index in [0.29, 0.717) is 0 Å². The van der Waals surface area contributed by atoms with Crippen molar-refractivity contribution in [1.29, 1.82) is 0 Å². The average molecular weight is 665 g/mol. The highest BCUT2D eigenvalue weighted by Crippen LogP contribution is 2.46. The third kappa shape index (κ3) is 3.65. The van der Waals surface area contributed by atoms with E-state index in [0.717, 1.165) is 82.8 Å². The molecule has 0 aliphatic carbocycles. The van der Waals surface area contributed by atoms with Crippen LogP contribution in [0.25, 0.3) is 110 Å². The van der Waals surface area contributed by atoms with Gasteiger partial charge in [-0.3, -0.25) is 0 Å². The van der Waals surface area contributed by atoms with E-state index in [-0.39, 0.29) is 0 Å². The zero-order valence-corrected chi connectivity index (χ0v) is 27.9. The number of para-hydroxylation sites is 5. The van der Waals surface area contributed by atoms with E-state index in [1.807, 2.05) is 18.2 Å². The van der Waals surface area contributed by atoms with Crippen molar-refractivity contribution in [2.75, 3.05) is 0 Å². The molecule has 4 heteroatoms. The second kappa shape index (κ2) is 10.3. The molecule has 0 atom stereocenters. The summed E-state index contributed by atoms with van der Waals surface area (Å²) < 4.78 is 18.0. The number of rotatable bonds is 3. The van der Waals surface area contributed by atoms with Crippen LogP contribution in [0, 0.1) is 0 Å². The summed E-state index contributed by atoms with van der Waals surface area (Å²) in [4.78, 5) is 0. The van der Waals surface area contributed by atoms with Crippen molar-refractivity contribution in [2.45, 2.75) is 0 Å². The van der Waals surface area contributed by atoms with Crippen molar-refractivity contribution in [3.8, 4) is 22.5 Å². The molecular formula is C48H28N2O2. The van der Waals surface area contributed by atoms with Crippen LogP contribution in [-0.4, -0.2) is 9.13 Å². The minimum Gasteiger partial charge on any atom is -0.455 e. The third-order valence-corrected chi connectivity index (χ3v) is 10.9. The van der Waals surface area contributed by atoms with Gasteiger partial charge in [-0.15, -0.1) is 0 Å². The highest BCUT2D eigenvalue weighted by atomic mass is 16.3. The molecule has 0 N–H and O–H groups in total. The SMILES string of the molecule is c1ccc(-n2c3ccccc3c3c2ccc2c4c5oc6ccccc6c5ccc4n(-c4ccc(-c5cccc6c5oc5ccccc56)cc4)c23)cc1. The van der Waals surface area contributed by atoms with Gasteiger partial charge in [-0.05, 0) is 72.3 Å². The van der Waals surface area contributed by atoms with Crippen molar-refractivity contribution in [3.63, 3.8) is 0 Å². The zero-order valence-electron chi connectivity index (χ0n) is 27.9. The first-order valence-corrected chi connectivity index (χ1v) is 17.7. The molecule has 0 aliphatic heterocycles. The lowest BCUT2D eigenvalue weighted by molar-refractivity contribution is 0.670. The molecule has 52 heavy (non-hydrogen) atoms. The first-order valence-electron chi connectivity index (χ1n) is 17.7. The zero-order chi connectivity index (χ0) is 33.9. The Morgan fingerprint density at radius 1 is 0.327 bits per heavy atom. The van der Waals surface area contributed by atoms with Crippen LogP contribution in [0.1, 0.15) is 0 Å². The van der Waals surface area contributed by atoms with E-state index in [1.54, 1.807) is 0 Å². The van der Waals surface area contributed by atoms with Gasteiger partial charge in [0.1, 0.15) is 22.3 Å². The first kappa shape index (κ1) is 27.7. The van der Waals surface area contributed by atoms with Crippen LogP contribution in [0.2, 0.25) is 0 Å². The minimum absolute atomic E-state index is 0.900. The van der Waals surface area contributed by atoms with Crippen LogP contribution in [-0.2, 0) is 0 Å². The average Bonchev–Trinajstić information content (AvgIpc) is 3.95. The number of hydrogen-bond acceptors (Lipinski definition) is 2. The Hall–Kier alpha value is -7.04. The maximum atomic E-state index is 6.71. The summed E-state index contributed by atoms with van der Waals surface area (Å²) in [6.45, 7) is 0. The molecule has 0 fully saturated rings. The molecule has 12 aromatic rings. The third-order valence-electron chi connectivity index (χ3n) is 10.9. The van der Waals surface area contributed by atoms with Crippen molar-refractivity contribution >= 4 is 87.5 Å². The topological polar surface area (TPSA) is 36.1 Å². The van der Waals surface area contributed by atoms with Gasteiger partial charge in [0.05, 0.1) is 27.5 Å². The normalized spacial score (nSPS) is 12.2. The number of aromatic nitrogens is 2. The number of furan rings is 2. The molecule has 8 aromatic carbocycles. The summed E-state index contributed by atoms with van der Waals surface area (Å²) in [6, 6.07) is 60.5. The Bertz CT molecular complexity index is 3390. The van der Waals surface area contributed by atoms with Crippen molar-refractivity contribution in [3.05, 3.63) is 170 Å². The second-order valence-corrected chi connectivity index (χ2v) is 13.6. The molecule has 242 valence electrons. The molecule has 0 saturated heterocycles. The van der Waals surface area contributed by atoms with Gasteiger partial charge in [0, 0.05) is 54.6 Å². The highest BCUT2D eigenvalue weighted by Gasteiger charge is 2.24. The fourth-order valence-electron chi connectivity index (χ4n) is 8.71. The van der Waals surface area contributed by atoms with Crippen LogP contribution in [0.4, 0.5) is 0 Å². The van der Waals surface area contributed by atoms with Gasteiger partial charge >= 0.3 is 0 Å². The molecule has 0 aliphatic rings. The van der Waals surface area contributed by atoms with Gasteiger partial charge in [-0.1, -0.05) is 103 Å². The molecule has 0 spiro atoms. The van der Waals surface area contributed by atoms with Gasteiger partial charge in [0.15, 0.2) is 0 Å². The Kier molecular flexibility index (Phi) is 5.47. The van der Waals surface area contributed by atoms with Crippen LogP contribution < -0.4 is 0 Å². The molecule has 0 radical (unpaired) electrons. The maximum absolute atomic E-state index is 6.71. The molecular weight excluding hydrogens is 637 g/mol. The summed E-state index contributed by atoms with van der Waals surface area (Å²) in [5, 5.41) is 9.24. The molecule has 0 saturated carbocycles. The predicted molar refractivity (Wildman–Crippen MR) is 215 cm³/mol. The van der Waals surface area contributed by atoms with E-state index in [1.165, 1.54) is 27.2 Å². The van der Waals surface area contributed by atoms with Gasteiger partial charge in [-0.2, -0.15) is 0 Å². The summed E-state index contributed by atoms with van der Waals surface area (Å²) in [6.07, 6.45) is 0. The number of hydrogen-bond donors (Lipinski definition) is 0. The predicted octanol–water partition coefficient (Wildman–Crippen LogP) is 13.3. The van der Waals surface area contributed by atoms with Crippen LogP contribution in [0.15, 0.2) is 179 Å². The molecule has 0 bridgehead atoms. The van der Waals surface area contributed by atoms with Gasteiger partial charge in [0.2, 0.25) is 0 Å². The molecule has 0 amide bonds. The summed E-state index contributed by atoms with van der Waals surface area (Å²) >= 11 is 0. The Morgan fingerprint density at radius 3 is 1.67 bits per heavy atom. The molecule has 0 unspecified atom stereocenters. The summed E-state index contributed by atoms with van der Waals surface area (Å²) in [7, 11) is 0. The number of nitrogens with zero attached hydrogens (tertiary/aromatic N) is 2. The van der Waals surface area contributed by atoms with Gasteiger partial charge in [-0.25, -0.2) is 0 Å². The Balaban J connectivity index is 1.19. The van der Waals surface area contributed by atoms with Gasteiger partial charge in [0.25, 0.3) is 0 Å². The van der Waals surface area contributed by atoms with Gasteiger partial charge < -0.3 is 18.0 Å². The van der Waals surface area contributed by atoms with E-state index in [9.17, 15) is 0 Å². The maximum Gasteiger partial charge on any atom is 0.145 e. The molecule has 4 heterocycles. The Morgan fingerprint density at radius 2 is 0.904 bits per heavy atom. The molecule has 4 nitrogen and oxygen atoms in total. The van der Waals surface area contributed by atoms with E-state index in [4.69, 9.17) is 8.83 Å².